The van der Waals surface area contributed by atoms with Crippen LogP contribution in [-0.4, -0.2) is 18.1 Å². The van der Waals surface area contributed by atoms with E-state index in [0.29, 0.717) is 6.20 Å². The van der Waals surface area contributed by atoms with Crippen LogP contribution in [0.1, 0.15) is 28.0 Å². The van der Waals surface area contributed by atoms with Gasteiger partial charge in [0, 0.05) is 6.20 Å². The van der Waals surface area contributed by atoms with Crippen LogP contribution in [0.25, 0.3) is 0 Å². The van der Waals surface area contributed by atoms with Crippen LogP contribution in [0.3, 0.4) is 0 Å². The predicted molar refractivity (Wildman–Crippen MR) is 48.4 cm³/mol. The van der Waals surface area contributed by atoms with Gasteiger partial charge in [-0.3, -0.25) is 4.79 Å². The number of ether oxygens (including phenoxy) is 1. The molecule has 0 atom stereocenters. The van der Waals surface area contributed by atoms with Gasteiger partial charge in [0.05, 0.1) is 12.8 Å². The first-order valence-electron chi connectivity index (χ1n) is 4.39. The molecule has 0 aliphatic rings. The predicted octanol–water partition coefficient (Wildman–Crippen LogP) is 2.12. The Morgan fingerprint density at radius 2 is 1.94 bits per heavy atom. The molecule has 0 aliphatic carbocycles. The number of carbonyl (C=O) groups excluding carboxylic acids is 1. The third kappa shape index (κ3) is 2.49. The van der Waals surface area contributed by atoms with Crippen molar-refractivity contribution in [3.8, 4) is 0 Å². The Hall–Kier alpha value is -1.93. The van der Waals surface area contributed by atoms with E-state index < -0.39 is 40.8 Å². The molecule has 1 heterocycles. The van der Waals surface area contributed by atoms with Gasteiger partial charge in [-0.1, -0.05) is 0 Å². The molecule has 9 heteroatoms. The number of esters is 1. The summed E-state index contributed by atoms with van der Waals surface area (Å²) in [6.07, 6.45) is -8.37. The fraction of sp³-hybridized carbons (Fsp3) is 0.333. The molecule has 0 unspecified atom stereocenters. The van der Waals surface area contributed by atoms with Crippen molar-refractivity contribution in [2.24, 2.45) is 0 Å². The van der Waals surface area contributed by atoms with Crippen LogP contribution in [0, 0.1) is 0 Å². The monoisotopic (exact) mass is 271 g/mol. The summed E-state index contributed by atoms with van der Waals surface area (Å²) in [7, 11) is 0.843. The van der Waals surface area contributed by atoms with Crippen LogP contribution in [0.5, 0.6) is 0 Å². The Kier molecular flexibility index (Phi) is 3.73. The molecule has 0 fully saturated rings. The summed E-state index contributed by atoms with van der Waals surface area (Å²) in [6.45, 7) is 0. The van der Waals surface area contributed by atoms with Gasteiger partial charge in [0.25, 0.3) is 6.43 Å². The number of pyridine rings is 1. The number of methoxy groups -OCH3 is 1. The maximum absolute atomic E-state index is 12.5. The van der Waals surface area contributed by atoms with Crippen LogP contribution in [0.2, 0.25) is 0 Å². The zero-order valence-electron chi connectivity index (χ0n) is 8.77. The second kappa shape index (κ2) is 4.75. The number of nitrogens with one attached hydrogen (secondary N) is 1. The molecule has 18 heavy (non-hydrogen) atoms. The Bertz CT molecular complexity index is 520. The molecule has 0 saturated carbocycles. The molecule has 0 aliphatic heterocycles. The number of hydrogen-bond acceptors (Lipinski definition) is 3. The van der Waals surface area contributed by atoms with Crippen molar-refractivity contribution in [1.82, 2.24) is 4.98 Å². The lowest BCUT2D eigenvalue weighted by Gasteiger charge is -2.12. The van der Waals surface area contributed by atoms with E-state index in [2.05, 4.69) is 4.74 Å². The Labute approximate surface area is 96.4 Å². The summed E-state index contributed by atoms with van der Waals surface area (Å²) in [4.78, 5) is 24.0. The van der Waals surface area contributed by atoms with Crippen LogP contribution >= 0.6 is 0 Å². The minimum atomic E-state index is -5.30. The number of hydrogen-bond donors (Lipinski definition) is 1. The molecular weight excluding hydrogens is 265 g/mol. The van der Waals surface area contributed by atoms with E-state index in [1.807, 2.05) is 0 Å². The van der Waals surface area contributed by atoms with Gasteiger partial charge < -0.3 is 9.72 Å². The minimum Gasteiger partial charge on any atom is -0.465 e. The van der Waals surface area contributed by atoms with Crippen LogP contribution in [0.15, 0.2) is 11.0 Å². The van der Waals surface area contributed by atoms with Gasteiger partial charge in [0.1, 0.15) is 11.1 Å². The number of halogens is 5. The summed E-state index contributed by atoms with van der Waals surface area (Å²) in [5.74, 6) is -1.34. The van der Waals surface area contributed by atoms with Gasteiger partial charge in [-0.05, 0) is 0 Å². The van der Waals surface area contributed by atoms with E-state index in [0.717, 1.165) is 7.11 Å². The number of aromatic nitrogens is 1. The van der Waals surface area contributed by atoms with Gasteiger partial charge in [0.15, 0.2) is 0 Å². The highest BCUT2D eigenvalue weighted by molar-refractivity contribution is 5.89. The number of rotatable bonds is 2. The first kappa shape index (κ1) is 14.1. The quantitative estimate of drug-likeness (QED) is 0.662. The van der Waals surface area contributed by atoms with E-state index in [9.17, 15) is 31.5 Å². The summed E-state index contributed by atoms with van der Waals surface area (Å²) in [5.41, 5.74) is -6.52. The molecule has 4 nitrogen and oxygen atoms in total. The highest BCUT2D eigenvalue weighted by Crippen LogP contribution is 2.33. The molecule has 100 valence electrons. The van der Waals surface area contributed by atoms with Gasteiger partial charge in [0.2, 0.25) is 5.43 Å². The largest absolute Gasteiger partial charge is 0.465 e. The van der Waals surface area contributed by atoms with Gasteiger partial charge in [-0.15, -0.1) is 0 Å². The van der Waals surface area contributed by atoms with Crippen molar-refractivity contribution in [3.05, 3.63) is 33.2 Å². The lowest BCUT2D eigenvalue weighted by Crippen LogP contribution is -2.28. The first-order chi connectivity index (χ1) is 8.20. The van der Waals surface area contributed by atoms with Crippen LogP contribution in [-0.2, 0) is 10.9 Å². The summed E-state index contributed by atoms with van der Waals surface area (Å²) in [6, 6.07) is 0. The summed E-state index contributed by atoms with van der Waals surface area (Å²) in [5, 5.41) is 0. The standard InChI is InChI=1S/C9H6F5NO3/c1-18-8(17)3-2-15-5(7(10)11)4(6(3)16)9(12,13)14/h2,7H,1H3,(H,15,16). The van der Waals surface area contributed by atoms with Crippen molar-refractivity contribution < 1.29 is 31.5 Å². The molecule has 1 rings (SSSR count). The number of H-pyrrole nitrogens is 1. The summed E-state index contributed by atoms with van der Waals surface area (Å²) < 4.78 is 66.3. The van der Waals surface area contributed by atoms with Crippen molar-refractivity contribution in [3.63, 3.8) is 0 Å². The molecule has 1 aromatic rings. The number of alkyl halides is 5. The second-order valence-corrected chi connectivity index (χ2v) is 3.11. The molecule has 0 aromatic carbocycles. The van der Waals surface area contributed by atoms with Crippen LogP contribution < -0.4 is 5.43 Å². The van der Waals surface area contributed by atoms with E-state index >= 15 is 0 Å². The van der Waals surface area contributed by atoms with Crippen molar-refractivity contribution in [1.29, 1.82) is 0 Å². The fourth-order valence-corrected chi connectivity index (χ4v) is 1.26. The average Bonchev–Trinajstić information content (AvgIpc) is 2.25. The average molecular weight is 271 g/mol. The van der Waals surface area contributed by atoms with Crippen molar-refractivity contribution in [2.45, 2.75) is 12.6 Å². The fourth-order valence-electron chi connectivity index (χ4n) is 1.26. The van der Waals surface area contributed by atoms with Crippen molar-refractivity contribution in [2.75, 3.05) is 7.11 Å². The first-order valence-corrected chi connectivity index (χ1v) is 4.39. The Balaban J connectivity index is 3.61. The molecule has 0 bridgehead atoms. The van der Waals surface area contributed by atoms with E-state index in [1.54, 1.807) is 4.98 Å². The smallest absolute Gasteiger partial charge is 0.422 e. The zero-order chi connectivity index (χ0) is 14.1. The third-order valence-electron chi connectivity index (χ3n) is 2.02. The summed E-state index contributed by atoms with van der Waals surface area (Å²) >= 11 is 0. The topological polar surface area (TPSA) is 59.2 Å². The molecule has 1 N–H and O–H groups in total. The molecule has 0 amide bonds. The van der Waals surface area contributed by atoms with E-state index in [-0.39, 0.29) is 0 Å². The lowest BCUT2D eigenvalue weighted by molar-refractivity contribution is -0.140. The Morgan fingerprint density at radius 3 is 2.33 bits per heavy atom. The molecule has 0 spiro atoms. The highest BCUT2D eigenvalue weighted by Gasteiger charge is 2.40. The minimum absolute atomic E-state index is 0.463. The highest BCUT2D eigenvalue weighted by atomic mass is 19.4. The molecular formula is C9H6F5NO3. The second-order valence-electron chi connectivity index (χ2n) is 3.11. The maximum Gasteiger partial charge on any atom is 0.422 e. The molecule has 0 saturated heterocycles. The lowest BCUT2D eigenvalue weighted by atomic mass is 10.1. The van der Waals surface area contributed by atoms with Crippen LogP contribution in [0.4, 0.5) is 22.0 Å². The van der Waals surface area contributed by atoms with E-state index in [4.69, 9.17) is 0 Å². The van der Waals surface area contributed by atoms with Gasteiger partial charge >= 0.3 is 12.1 Å². The molecule has 1 aromatic heterocycles. The van der Waals surface area contributed by atoms with Gasteiger partial charge in [-0.2, -0.15) is 13.2 Å². The Morgan fingerprint density at radius 1 is 1.39 bits per heavy atom. The third-order valence-corrected chi connectivity index (χ3v) is 2.02. The van der Waals surface area contributed by atoms with Crippen molar-refractivity contribution >= 4 is 5.97 Å². The number of carbonyl (C=O) groups is 1. The zero-order valence-corrected chi connectivity index (χ0v) is 8.77. The SMILES string of the molecule is COC(=O)c1c[nH]c(C(F)F)c(C(F)(F)F)c1=O. The number of aromatic amines is 1. The van der Waals surface area contributed by atoms with Gasteiger partial charge in [-0.25, -0.2) is 13.6 Å². The van der Waals surface area contributed by atoms with E-state index in [1.165, 1.54) is 0 Å². The maximum atomic E-state index is 12.5. The molecule has 0 radical (unpaired) electrons. The normalized spacial score (nSPS) is 11.7.